The number of oxime groups is 1. The molecule has 0 spiro atoms. The number of nitrogens with zero attached hydrogens (tertiary/aromatic N) is 4. The number of esters is 1. The molecular weight excluding hydrogens is 1080 g/mol. The highest BCUT2D eigenvalue weighted by Crippen LogP contribution is 2.44. The molecule has 80 heavy (non-hydrogen) atoms. The average Bonchev–Trinajstić information content (AvgIpc) is 3.79. The van der Waals surface area contributed by atoms with Crippen molar-refractivity contribution in [2.75, 3.05) is 51.9 Å². The number of aromatic carboxylic acids is 1. The lowest BCUT2D eigenvalue weighted by Gasteiger charge is -2.49. The van der Waals surface area contributed by atoms with Gasteiger partial charge in [0.25, 0.3) is 10.1 Å². The third-order valence-electron chi connectivity index (χ3n) is 16.3. The minimum Gasteiger partial charge on any atom is -0.477 e. The fraction of sp³-hybridized carbons (Fsp3) is 0.774. The van der Waals surface area contributed by atoms with Crippen LogP contribution in [-0.2, 0) is 63.5 Å². The fourth-order valence-electron chi connectivity index (χ4n) is 12.0. The van der Waals surface area contributed by atoms with Gasteiger partial charge in [0.2, 0.25) is 5.43 Å². The maximum Gasteiger partial charge on any atom is 0.509 e. The third-order valence-corrected chi connectivity index (χ3v) is 17.5. The number of pyridine rings is 2. The van der Waals surface area contributed by atoms with Gasteiger partial charge in [-0.1, -0.05) is 32.9 Å². The molecule has 0 aliphatic carbocycles. The summed E-state index contributed by atoms with van der Waals surface area (Å²) in [6, 6.07) is 0.516. The van der Waals surface area contributed by atoms with Gasteiger partial charge in [-0.05, 0) is 87.9 Å². The van der Waals surface area contributed by atoms with Crippen molar-refractivity contribution in [2.45, 2.75) is 193 Å². The summed E-state index contributed by atoms with van der Waals surface area (Å²) in [5, 5.41) is 53.9. The number of aliphatic hydroxyl groups excluding tert-OH is 1. The van der Waals surface area contributed by atoms with Crippen LogP contribution in [0.5, 0.6) is 0 Å². The van der Waals surface area contributed by atoms with Gasteiger partial charge < -0.3 is 78.5 Å². The molecule has 0 radical (unpaired) electrons. The molecule has 25 nitrogen and oxygen atoms in total. The molecule has 6 N–H and O–H groups in total. The van der Waals surface area contributed by atoms with Crippen LogP contribution in [0.25, 0.3) is 11.0 Å². The predicted molar refractivity (Wildman–Crippen MR) is 286 cm³/mol. The molecule has 4 aliphatic rings. The lowest BCUT2D eigenvalue weighted by molar-refractivity contribution is -0.316. The van der Waals surface area contributed by atoms with Crippen molar-refractivity contribution in [1.82, 2.24) is 19.8 Å². The summed E-state index contributed by atoms with van der Waals surface area (Å²) in [5.41, 5.74) is -6.02. The third kappa shape index (κ3) is 13.9. The summed E-state index contributed by atoms with van der Waals surface area (Å²) in [7, 11) is 0.703. The number of likely N-dealkylation sites (N-methyl/N-ethyl adjacent to an activating group) is 1. The Morgan fingerprint density at radius 3 is 2.29 bits per heavy atom. The number of aromatic nitrogens is 2. The standard InChI is InChI=1S/C53H83FN6O19S/c1-15-36-53(11)43(77-50(66)78-53)28(5)38(58-68)26(3)23-51(9,67)42(76-49-40(62)35(59(12)13)21-27(4)72-49)29(6)41(30(7)48(65)74-36)75-37-24-52(10,71-14)44(31(8)73-37)79-80(69,70)20-19-55-17-18-56-45-34(54)22-32-39(61)33(47(63)64)25-60(16-2)46(32)57-45/h22,25-31,35-37,40-44,49,55,62,67-68H,15-21,23-24H2,1-14H3,(H,56,57)(H,63,64)/b58-38+/t26-,27-,28+,29+,30-,31+,35+,36-,37+,40?,41+,42?,43-,44+,49+,51?,52-,53-/m1/s1. The number of carboxylic acid groups (broad SMARTS) is 1. The summed E-state index contributed by atoms with van der Waals surface area (Å²) in [6.45, 7) is 18.6. The second-order valence-electron chi connectivity index (χ2n) is 22.7. The number of carboxylic acids is 1. The predicted octanol–water partition coefficient (Wildman–Crippen LogP) is 3.85. The van der Waals surface area contributed by atoms with Crippen molar-refractivity contribution in [2.24, 2.45) is 28.8 Å². The van der Waals surface area contributed by atoms with Gasteiger partial charge in [-0.3, -0.25) is 13.8 Å². The first-order chi connectivity index (χ1) is 37.4. The van der Waals surface area contributed by atoms with Crippen LogP contribution >= 0.6 is 0 Å². The number of halogens is 1. The van der Waals surface area contributed by atoms with Crippen LogP contribution in [-0.4, -0.2) is 198 Å². The molecule has 27 heteroatoms. The maximum atomic E-state index is 15.1. The molecule has 0 amide bonds. The van der Waals surface area contributed by atoms with E-state index in [0.717, 1.165) is 12.3 Å². The van der Waals surface area contributed by atoms with E-state index < -0.39 is 153 Å². The van der Waals surface area contributed by atoms with Crippen molar-refractivity contribution in [3.05, 3.63) is 33.9 Å². The molecule has 2 aromatic heterocycles. The lowest BCUT2D eigenvalue weighted by atomic mass is 9.73. The number of carbonyl (C=O) groups excluding carboxylic acids is 2. The van der Waals surface area contributed by atoms with E-state index in [1.54, 1.807) is 62.3 Å². The Kier molecular flexibility index (Phi) is 20.8. The van der Waals surface area contributed by atoms with Crippen molar-refractivity contribution in [1.29, 1.82) is 0 Å². The number of carbonyl (C=O) groups is 3. The maximum absolute atomic E-state index is 15.1. The van der Waals surface area contributed by atoms with Crippen molar-refractivity contribution in [3.63, 3.8) is 0 Å². The highest BCUT2D eigenvalue weighted by Gasteiger charge is 2.59. The normalized spacial score (nSPS) is 37.2. The summed E-state index contributed by atoms with van der Waals surface area (Å²) < 4.78 is 99.7. The van der Waals surface area contributed by atoms with Gasteiger partial charge in [0, 0.05) is 69.7 Å². The fourth-order valence-corrected chi connectivity index (χ4v) is 13.2. The molecule has 2 aromatic rings. The summed E-state index contributed by atoms with van der Waals surface area (Å²) >= 11 is 0. The second kappa shape index (κ2) is 25.9. The smallest absolute Gasteiger partial charge is 0.477 e. The van der Waals surface area contributed by atoms with Crippen LogP contribution in [0, 0.1) is 29.5 Å². The minimum absolute atomic E-state index is 0.0740. The Labute approximate surface area is 466 Å². The van der Waals surface area contributed by atoms with Crippen LogP contribution < -0.4 is 16.1 Å². The topological polar surface area (TPSA) is 324 Å². The van der Waals surface area contributed by atoms with Gasteiger partial charge in [0.15, 0.2) is 35.9 Å². The zero-order valence-corrected chi connectivity index (χ0v) is 49.0. The molecule has 6 rings (SSSR count). The van der Waals surface area contributed by atoms with E-state index in [9.17, 15) is 48.1 Å². The van der Waals surface area contributed by atoms with E-state index in [-0.39, 0.29) is 74.1 Å². The van der Waals surface area contributed by atoms with Crippen LogP contribution in [0.3, 0.4) is 0 Å². The Morgan fingerprint density at radius 2 is 1.68 bits per heavy atom. The number of hydrogen-bond donors (Lipinski definition) is 6. The summed E-state index contributed by atoms with van der Waals surface area (Å²) in [4.78, 5) is 58.1. The molecule has 3 unspecified atom stereocenters. The molecule has 18 atom stereocenters. The highest BCUT2D eigenvalue weighted by molar-refractivity contribution is 7.86. The second-order valence-corrected chi connectivity index (χ2v) is 24.4. The molecule has 0 aromatic carbocycles. The number of anilines is 1. The number of cyclic esters (lactones) is 1. The monoisotopic (exact) mass is 1160 g/mol. The van der Waals surface area contributed by atoms with Gasteiger partial charge in [-0.25, -0.2) is 19.0 Å². The largest absolute Gasteiger partial charge is 0.509 e. The molecule has 452 valence electrons. The van der Waals surface area contributed by atoms with Gasteiger partial charge in [0.1, 0.15) is 29.5 Å². The zero-order chi connectivity index (χ0) is 59.6. The first kappa shape index (κ1) is 64.5. The number of ether oxygens (including phenoxy) is 8. The first-order valence-corrected chi connectivity index (χ1v) is 28.8. The number of aryl methyl sites for hydroxylation is 1. The molecule has 4 fully saturated rings. The lowest BCUT2D eigenvalue weighted by Crippen LogP contribution is -2.61. The molecule has 6 heterocycles. The van der Waals surface area contributed by atoms with Gasteiger partial charge in [-0.2, -0.15) is 8.42 Å². The van der Waals surface area contributed by atoms with Crippen molar-refractivity contribution in [3.8, 4) is 0 Å². The number of fused-ring (bicyclic) bond motifs is 2. The van der Waals surface area contributed by atoms with Crippen LogP contribution in [0.4, 0.5) is 15.0 Å². The molecule has 4 aliphatic heterocycles. The van der Waals surface area contributed by atoms with Crippen molar-refractivity contribution < 1.29 is 89.8 Å². The first-order valence-electron chi connectivity index (χ1n) is 27.3. The zero-order valence-electron chi connectivity index (χ0n) is 48.2. The van der Waals surface area contributed by atoms with Crippen molar-refractivity contribution >= 4 is 50.8 Å². The minimum atomic E-state index is -4.31. The number of hydrogen-bond acceptors (Lipinski definition) is 23. The van der Waals surface area contributed by atoms with Crippen LogP contribution in [0.2, 0.25) is 0 Å². The molecule has 0 saturated carbocycles. The molecule has 0 bridgehead atoms. The highest BCUT2D eigenvalue weighted by atomic mass is 32.2. The van der Waals surface area contributed by atoms with E-state index in [1.165, 1.54) is 18.6 Å². The van der Waals surface area contributed by atoms with E-state index in [0.29, 0.717) is 6.42 Å². The van der Waals surface area contributed by atoms with E-state index in [1.807, 2.05) is 25.9 Å². The number of nitrogens with one attached hydrogen (secondary N) is 2. The quantitative estimate of drug-likeness (QED) is 0.0406. The summed E-state index contributed by atoms with van der Waals surface area (Å²) in [5.74, 6) is -7.56. The molecule has 4 saturated heterocycles. The van der Waals surface area contributed by atoms with Crippen LogP contribution in [0.1, 0.15) is 112 Å². The Bertz CT molecular complexity index is 2730. The van der Waals surface area contributed by atoms with E-state index in [2.05, 4.69) is 20.8 Å². The van der Waals surface area contributed by atoms with Gasteiger partial charge >= 0.3 is 18.1 Å². The summed E-state index contributed by atoms with van der Waals surface area (Å²) in [6.07, 6.45) is -10.7. The van der Waals surface area contributed by atoms with Crippen LogP contribution in [0.15, 0.2) is 22.2 Å². The van der Waals surface area contributed by atoms with Gasteiger partial charge in [-0.15, -0.1) is 0 Å². The average molecular weight is 1160 g/mol. The number of aliphatic hydroxyl groups is 2. The SMILES string of the molecule is CC[C@H]1OC(=O)[C@H](C)[C@@H](O[C@H]2C[C@@](C)(OC)[C@@H](OS(=O)(=O)CCNCCNc3nc4c(cc3F)c(=O)c(C(=O)O)cn4CC)[C@H](C)O2)[C@H](C)C(O[C@@H]2O[C@H](C)C[C@H](N(C)C)C2O)C(C)(O)C[C@@H](C)/C(=N\O)[C@H](C)[C@H]2OC(=O)O[C@@]21C. The van der Waals surface area contributed by atoms with Gasteiger partial charge in [0.05, 0.1) is 58.4 Å². The number of rotatable bonds is 18. The Hall–Kier alpha value is -4.68. The Morgan fingerprint density at radius 1 is 0.988 bits per heavy atom. The molecular formula is C53H83FN6O19S. The Balaban J connectivity index is 1.22. The van der Waals surface area contributed by atoms with E-state index in [4.69, 9.17) is 42.1 Å². The number of methoxy groups -OCH3 is 1. The van der Waals surface area contributed by atoms with E-state index >= 15 is 4.39 Å².